The molecule has 1 amide bonds. The summed E-state index contributed by atoms with van der Waals surface area (Å²) in [7, 11) is 0. The summed E-state index contributed by atoms with van der Waals surface area (Å²) in [5.41, 5.74) is -0.619. The van der Waals surface area contributed by atoms with E-state index in [1.165, 1.54) is 25.1 Å². The van der Waals surface area contributed by atoms with Crippen molar-refractivity contribution in [2.24, 2.45) is 0 Å². The van der Waals surface area contributed by atoms with E-state index < -0.39 is 17.2 Å². The molecule has 1 aromatic rings. The van der Waals surface area contributed by atoms with Crippen molar-refractivity contribution in [3.8, 4) is 0 Å². The Kier molecular flexibility index (Phi) is 3.07. The number of hydrogen-bond acceptors (Lipinski definition) is 2. The van der Waals surface area contributed by atoms with E-state index in [1.807, 2.05) is 0 Å². The summed E-state index contributed by atoms with van der Waals surface area (Å²) in [5, 5.41) is 12.0. The highest BCUT2D eigenvalue weighted by Gasteiger charge is 2.52. The van der Waals surface area contributed by atoms with E-state index in [-0.39, 0.29) is 11.9 Å². The van der Waals surface area contributed by atoms with Crippen LogP contribution in [0.25, 0.3) is 0 Å². The normalized spacial score (nSPS) is 26.2. The molecule has 1 aliphatic rings. The van der Waals surface area contributed by atoms with Crippen LogP contribution in [0.1, 0.15) is 25.3 Å². The van der Waals surface area contributed by atoms with Crippen LogP contribution in [-0.4, -0.2) is 23.0 Å². The number of amides is 1. The van der Waals surface area contributed by atoms with Gasteiger partial charge in [-0.05, 0) is 30.5 Å². The number of carboxylic acids is 1. The molecule has 4 nitrogen and oxygen atoms in total. The summed E-state index contributed by atoms with van der Waals surface area (Å²) in [6.07, 6.45) is 0.594. The number of benzene rings is 1. The molecule has 0 spiro atoms. The molecule has 18 heavy (non-hydrogen) atoms. The molecule has 0 unspecified atom stereocenters. The second-order valence-corrected chi connectivity index (χ2v) is 4.70. The number of carbonyl (C=O) groups excluding carboxylic acids is 1. The molecule has 1 fully saturated rings. The average Bonchev–Trinajstić information content (AvgIpc) is 2.21. The number of hydrogen-bond donors (Lipinski definition) is 2. The molecule has 1 aliphatic carbocycles. The predicted molar refractivity (Wildman–Crippen MR) is 62.6 cm³/mol. The Morgan fingerprint density at radius 3 is 2.61 bits per heavy atom. The number of rotatable bonds is 3. The smallest absolute Gasteiger partial charge is 0.314 e. The molecule has 5 heteroatoms. The maximum absolute atomic E-state index is 13.2. The minimum atomic E-state index is -1.07. The van der Waals surface area contributed by atoms with E-state index in [2.05, 4.69) is 5.32 Å². The Morgan fingerprint density at radius 2 is 2.11 bits per heavy atom. The van der Waals surface area contributed by atoms with Gasteiger partial charge in [-0.25, -0.2) is 4.39 Å². The van der Waals surface area contributed by atoms with Crippen LogP contribution < -0.4 is 5.32 Å². The zero-order chi connectivity index (χ0) is 13.3. The summed E-state index contributed by atoms with van der Waals surface area (Å²) >= 11 is 0. The van der Waals surface area contributed by atoms with Crippen LogP contribution in [0.3, 0.4) is 0 Å². The number of carbonyl (C=O) groups is 2. The van der Waals surface area contributed by atoms with Crippen molar-refractivity contribution in [2.75, 3.05) is 0 Å². The third-order valence-electron chi connectivity index (χ3n) is 3.38. The van der Waals surface area contributed by atoms with Gasteiger partial charge in [-0.3, -0.25) is 9.59 Å². The van der Waals surface area contributed by atoms with Crippen molar-refractivity contribution in [3.05, 3.63) is 35.6 Å². The molecule has 0 aliphatic heterocycles. The zero-order valence-electron chi connectivity index (χ0n) is 9.94. The lowest BCUT2D eigenvalue weighted by atomic mass is 9.61. The largest absolute Gasteiger partial charge is 0.481 e. The first-order valence-electron chi connectivity index (χ1n) is 5.70. The molecule has 0 radical (unpaired) electrons. The van der Waals surface area contributed by atoms with Crippen LogP contribution in [0.2, 0.25) is 0 Å². The van der Waals surface area contributed by atoms with Gasteiger partial charge in [0.2, 0.25) is 5.91 Å². The fourth-order valence-electron chi connectivity index (χ4n) is 2.49. The van der Waals surface area contributed by atoms with Gasteiger partial charge in [-0.2, -0.15) is 0 Å². The topological polar surface area (TPSA) is 66.4 Å². The van der Waals surface area contributed by atoms with E-state index >= 15 is 0 Å². The van der Waals surface area contributed by atoms with Crippen molar-refractivity contribution < 1.29 is 19.1 Å². The Morgan fingerprint density at radius 1 is 1.44 bits per heavy atom. The molecule has 0 bridgehead atoms. The van der Waals surface area contributed by atoms with Gasteiger partial charge >= 0.3 is 5.97 Å². The highest BCUT2D eigenvalue weighted by atomic mass is 19.1. The Labute approximate surface area is 104 Å². The van der Waals surface area contributed by atoms with Crippen molar-refractivity contribution in [3.63, 3.8) is 0 Å². The van der Waals surface area contributed by atoms with Gasteiger partial charge in [-0.1, -0.05) is 12.1 Å². The average molecular weight is 251 g/mol. The number of nitrogens with one attached hydrogen (secondary N) is 1. The highest BCUT2D eigenvalue weighted by Crippen LogP contribution is 2.44. The standard InChI is InChI=1S/C13H14FNO3/c1-8(16)15-11-6-13(7-11,12(17)18)9-3-2-4-10(14)5-9/h2-5,11H,6-7H2,1H3,(H,15,16)(H,17,18). The number of aliphatic carboxylic acids is 1. The molecule has 0 aromatic heterocycles. The second kappa shape index (κ2) is 4.40. The molecule has 1 saturated carbocycles. The summed E-state index contributed by atoms with van der Waals surface area (Å²) in [6.45, 7) is 1.39. The van der Waals surface area contributed by atoms with E-state index in [1.54, 1.807) is 6.07 Å². The molecule has 0 atom stereocenters. The fourth-order valence-corrected chi connectivity index (χ4v) is 2.49. The van der Waals surface area contributed by atoms with E-state index in [4.69, 9.17) is 0 Å². The van der Waals surface area contributed by atoms with Gasteiger partial charge in [0.05, 0.1) is 5.41 Å². The molecule has 0 saturated heterocycles. The zero-order valence-corrected chi connectivity index (χ0v) is 9.94. The Bertz CT molecular complexity index is 495. The third-order valence-corrected chi connectivity index (χ3v) is 3.38. The van der Waals surface area contributed by atoms with Crippen molar-refractivity contribution in [1.29, 1.82) is 0 Å². The molecule has 1 aromatic carbocycles. The molecule has 96 valence electrons. The summed E-state index contributed by atoms with van der Waals surface area (Å²) < 4.78 is 13.2. The summed E-state index contributed by atoms with van der Waals surface area (Å²) in [6, 6.07) is 5.49. The summed E-state index contributed by atoms with van der Waals surface area (Å²) in [5.74, 6) is -1.61. The third kappa shape index (κ3) is 2.08. The fraction of sp³-hybridized carbons (Fsp3) is 0.385. The molecule has 0 heterocycles. The van der Waals surface area contributed by atoms with Gasteiger partial charge in [0, 0.05) is 13.0 Å². The van der Waals surface area contributed by atoms with Crippen molar-refractivity contribution in [2.45, 2.75) is 31.2 Å². The molecular weight excluding hydrogens is 237 g/mol. The Hall–Kier alpha value is -1.91. The van der Waals surface area contributed by atoms with Gasteiger partial charge in [0.15, 0.2) is 0 Å². The van der Waals surface area contributed by atoms with Crippen LogP contribution in [0.4, 0.5) is 4.39 Å². The van der Waals surface area contributed by atoms with Crippen molar-refractivity contribution >= 4 is 11.9 Å². The van der Waals surface area contributed by atoms with Crippen molar-refractivity contribution in [1.82, 2.24) is 5.32 Å². The molecular formula is C13H14FNO3. The number of halogens is 1. The minimum Gasteiger partial charge on any atom is -0.481 e. The van der Waals surface area contributed by atoms with Gasteiger partial charge < -0.3 is 10.4 Å². The number of carboxylic acid groups (broad SMARTS) is 1. The lowest BCUT2D eigenvalue weighted by Gasteiger charge is -2.44. The first-order valence-corrected chi connectivity index (χ1v) is 5.70. The molecule has 2 rings (SSSR count). The maximum atomic E-state index is 13.2. The Balaban J connectivity index is 2.22. The van der Waals surface area contributed by atoms with Gasteiger partial charge in [-0.15, -0.1) is 0 Å². The first kappa shape index (κ1) is 12.5. The quantitative estimate of drug-likeness (QED) is 0.854. The minimum absolute atomic E-state index is 0.151. The van der Waals surface area contributed by atoms with E-state index in [0.29, 0.717) is 18.4 Å². The lowest BCUT2D eigenvalue weighted by molar-refractivity contribution is -0.149. The van der Waals surface area contributed by atoms with Crippen LogP contribution in [0.5, 0.6) is 0 Å². The van der Waals surface area contributed by atoms with Gasteiger partial charge in [0.1, 0.15) is 5.82 Å². The lowest BCUT2D eigenvalue weighted by Crippen LogP contribution is -2.56. The van der Waals surface area contributed by atoms with Crippen LogP contribution in [-0.2, 0) is 15.0 Å². The van der Waals surface area contributed by atoms with Crippen LogP contribution in [0, 0.1) is 5.82 Å². The van der Waals surface area contributed by atoms with Gasteiger partial charge in [0.25, 0.3) is 0 Å². The van der Waals surface area contributed by atoms with E-state index in [9.17, 15) is 19.1 Å². The predicted octanol–water partition coefficient (Wildman–Crippen LogP) is 1.45. The van der Waals surface area contributed by atoms with Crippen LogP contribution in [0.15, 0.2) is 24.3 Å². The first-order chi connectivity index (χ1) is 8.44. The SMILES string of the molecule is CC(=O)NC1CC(C(=O)O)(c2cccc(F)c2)C1. The maximum Gasteiger partial charge on any atom is 0.314 e. The molecule has 2 N–H and O–H groups in total. The van der Waals surface area contributed by atoms with Crippen LogP contribution >= 0.6 is 0 Å². The second-order valence-electron chi connectivity index (χ2n) is 4.70. The van der Waals surface area contributed by atoms with E-state index in [0.717, 1.165) is 0 Å². The highest BCUT2D eigenvalue weighted by molar-refractivity contribution is 5.84. The monoisotopic (exact) mass is 251 g/mol. The summed E-state index contributed by atoms with van der Waals surface area (Å²) in [4.78, 5) is 22.3.